The Morgan fingerprint density at radius 2 is 1.59 bits per heavy atom. The van der Waals surface area contributed by atoms with Crippen molar-refractivity contribution in [1.29, 1.82) is 0 Å². The van der Waals surface area contributed by atoms with Crippen LogP contribution < -0.4 is 5.32 Å². The smallest absolute Gasteiger partial charge is 0.272 e. The summed E-state index contributed by atoms with van der Waals surface area (Å²) in [5, 5.41) is 3.43. The van der Waals surface area contributed by atoms with Crippen LogP contribution in [0.15, 0.2) is 24.3 Å². The maximum Gasteiger partial charge on any atom is 0.272 e. The van der Waals surface area contributed by atoms with Crippen LogP contribution in [0.5, 0.6) is 0 Å². The van der Waals surface area contributed by atoms with Crippen molar-refractivity contribution in [2.24, 2.45) is 0 Å². The lowest BCUT2D eigenvalue weighted by Crippen LogP contribution is -2.50. The molecule has 1 aliphatic heterocycles. The maximum atomic E-state index is 13.0. The molecule has 1 aliphatic rings. The molecule has 0 bridgehead atoms. The number of benzene rings is 1. The number of para-hydroxylation sites is 1. The third-order valence-corrected chi connectivity index (χ3v) is 5.32. The summed E-state index contributed by atoms with van der Waals surface area (Å²) in [6.07, 6.45) is 1.82. The lowest BCUT2D eigenvalue weighted by Gasteiger charge is -2.34. The first-order valence-corrected chi connectivity index (χ1v) is 10.2. The molecule has 2 amide bonds. The van der Waals surface area contributed by atoms with Gasteiger partial charge >= 0.3 is 0 Å². The molecule has 0 unspecified atom stereocenters. The average molecular weight is 396 g/mol. The third-order valence-electron chi connectivity index (χ3n) is 5.32. The van der Waals surface area contributed by atoms with Crippen LogP contribution in [0, 0.1) is 6.92 Å². The lowest BCUT2D eigenvalue weighted by molar-refractivity contribution is -0.130. The van der Waals surface area contributed by atoms with E-state index in [0.717, 1.165) is 18.5 Å². The molecule has 3 rings (SSSR count). The molecular formula is C22H29N5O2. The van der Waals surface area contributed by atoms with Crippen LogP contribution in [-0.2, 0) is 17.6 Å². The predicted octanol–water partition coefficient (Wildman–Crippen LogP) is 2.96. The van der Waals surface area contributed by atoms with Gasteiger partial charge in [-0.1, -0.05) is 32.0 Å². The van der Waals surface area contributed by atoms with E-state index in [-0.39, 0.29) is 11.8 Å². The van der Waals surface area contributed by atoms with E-state index < -0.39 is 0 Å². The van der Waals surface area contributed by atoms with Gasteiger partial charge < -0.3 is 15.1 Å². The zero-order valence-electron chi connectivity index (χ0n) is 17.7. The summed E-state index contributed by atoms with van der Waals surface area (Å²) in [5.41, 5.74) is 3.87. The first-order chi connectivity index (χ1) is 13.9. The summed E-state index contributed by atoms with van der Waals surface area (Å²) in [5.74, 6) is 1.09. The minimum Gasteiger partial charge on any atom is -0.340 e. The fourth-order valence-corrected chi connectivity index (χ4v) is 3.66. The summed E-state index contributed by atoms with van der Waals surface area (Å²) >= 11 is 0. The van der Waals surface area contributed by atoms with Crippen molar-refractivity contribution in [1.82, 2.24) is 19.8 Å². The Hall–Kier alpha value is -2.96. The number of aromatic nitrogens is 2. The summed E-state index contributed by atoms with van der Waals surface area (Å²) < 4.78 is 0. The molecule has 1 aromatic carbocycles. The van der Waals surface area contributed by atoms with Gasteiger partial charge in [0.1, 0.15) is 17.3 Å². The number of carbonyl (C=O) groups is 2. The quantitative estimate of drug-likeness (QED) is 0.842. The van der Waals surface area contributed by atoms with Crippen LogP contribution in [0.4, 0.5) is 11.5 Å². The predicted molar refractivity (Wildman–Crippen MR) is 113 cm³/mol. The number of amides is 2. The van der Waals surface area contributed by atoms with E-state index in [1.165, 1.54) is 11.1 Å². The Morgan fingerprint density at radius 1 is 1.00 bits per heavy atom. The van der Waals surface area contributed by atoms with Gasteiger partial charge in [-0.05, 0) is 30.9 Å². The van der Waals surface area contributed by atoms with E-state index in [2.05, 4.69) is 47.3 Å². The van der Waals surface area contributed by atoms with E-state index in [0.29, 0.717) is 43.5 Å². The standard InChI is InChI=1S/C22H29N5O2/c1-5-17-8-7-9-18(6-2)21(17)25-20-14-19(23-15(3)24-20)22(29)27-12-10-26(11-13-27)16(4)28/h7-9,14H,5-6,10-13H2,1-4H3,(H,23,24,25). The fraction of sp³-hybridized carbons (Fsp3) is 0.455. The SMILES string of the molecule is CCc1cccc(CC)c1Nc1cc(C(=O)N2CCN(C(C)=O)CC2)nc(C)n1. The molecule has 0 radical (unpaired) electrons. The zero-order chi connectivity index (χ0) is 21.0. The van der Waals surface area contributed by atoms with Gasteiger partial charge in [0.25, 0.3) is 5.91 Å². The van der Waals surface area contributed by atoms with Crippen molar-refractivity contribution in [3.63, 3.8) is 0 Å². The van der Waals surface area contributed by atoms with Gasteiger partial charge in [-0.15, -0.1) is 0 Å². The Morgan fingerprint density at radius 3 is 2.14 bits per heavy atom. The minimum absolute atomic E-state index is 0.0442. The highest BCUT2D eigenvalue weighted by Crippen LogP contribution is 2.26. The van der Waals surface area contributed by atoms with Gasteiger partial charge in [-0.25, -0.2) is 9.97 Å². The second-order valence-corrected chi connectivity index (χ2v) is 7.27. The number of hydrogen-bond donors (Lipinski definition) is 1. The Labute approximate surface area is 172 Å². The van der Waals surface area contributed by atoms with Gasteiger partial charge in [-0.2, -0.15) is 0 Å². The molecule has 154 valence electrons. The molecule has 0 saturated carbocycles. The number of anilines is 2. The van der Waals surface area contributed by atoms with Crippen molar-refractivity contribution in [2.45, 2.75) is 40.5 Å². The summed E-state index contributed by atoms with van der Waals surface area (Å²) in [4.78, 5) is 36.9. The molecule has 7 heteroatoms. The Kier molecular flexibility index (Phi) is 6.46. The van der Waals surface area contributed by atoms with Crippen molar-refractivity contribution < 1.29 is 9.59 Å². The molecule has 1 saturated heterocycles. The van der Waals surface area contributed by atoms with Crippen LogP contribution in [0.3, 0.4) is 0 Å². The number of nitrogens with zero attached hydrogens (tertiary/aromatic N) is 4. The van der Waals surface area contributed by atoms with E-state index in [1.807, 2.05) is 0 Å². The molecule has 2 heterocycles. The van der Waals surface area contributed by atoms with Crippen LogP contribution in [0.2, 0.25) is 0 Å². The highest BCUT2D eigenvalue weighted by molar-refractivity contribution is 5.93. The molecule has 2 aromatic rings. The lowest BCUT2D eigenvalue weighted by atomic mass is 10.0. The minimum atomic E-state index is -0.124. The Balaban J connectivity index is 1.82. The molecule has 29 heavy (non-hydrogen) atoms. The van der Waals surface area contributed by atoms with Gasteiger partial charge in [0.05, 0.1) is 0 Å². The highest BCUT2D eigenvalue weighted by atomic mass is 16.2. The second-order valence-electron chi connectivity index (χ2n) is 7.27. The van der Waals surface area contributed by atoms with Crippen LogP contribution in [-0.4, -0.2) is 57.8 Å². The van der Waals surface area contributed by atoms with Gasteiger partial charge in [-0.3, -0.25) is 9.59 Å². The van der Waals surface area contributed by atoms with Crippen molar-refractivity contribution >= 4 is 23.3 Å². The highest BCUT2D eigenvalue weighted by Gasteiger charge is 2.24. The fourth-order valence-electron chi connectivity index (χ4n) is 3.66. The van der Waals surface area contributed by atoms with E-state index >= 15 is 0 Å². The molecular weight excluding hydrogens is 366 g/mol. The molecule has 0 atom stereocenters. The Bertz CT molecular complexity index is 882. The molecule has 0 aliphatic carbocycles. The summed E-state index contributed by atoms with van der Waals surface area (Å²) in [6, 6.07) is 8.01. The summed E-state index contributed by atoms with van der Waals surface area (Å²) in [6.45, 7) is 9.75. The monoisotopic (exact) mass is 395 g/mol. The first kappa shape index (κ1) is 20.8. The number of rotatable bonds is 5. The normalized spacial score (nSPS) is 14.1. The second kappa shape index (κ2) is 9.03. The maximum absolute atomic E-state index is 13.0. The molecule has 1 N–H and O–H groups in total. The van der Waals surface area contributed by atoms with E-state index in [1.54, 1.807) is 29.7 Å². The van der Waals surface area contributed by atoms with Crippen LogP contribution >= 0.6 is 0 Å². The zero-order valence-corrected chi connectivity index (χ0v) is 17.7. The topological polar surface area (TPSA) is 78.4 Å². The van der Waals surface area contributed by atoms with Gasteiger partial charge in [0, 0.05) is 44.9 Å². The number of piperazine rings is 1. The third kappa shape index (κ3) is 4.72. The molecule has 7 nitrogen and oxygen atoms in total. The van der Waals surface area contributed by atoms with E-state index in [9.17, 15) is 9.59 Å². The van der Waals surface area contributed by atoms with Gasteiger partial charge in [0.2, 0.25) is 5.91 Å². The van der Waals surface area contributed by atoms with Crippen molar-refractivity contribution in [3.05, 3.63) is 46.9 Å². The average Bonchev–Trinajstić information content (AvgIpc) is 2.73. The molecule has 1 aromatic heterocycles. The van der Waals surface area contributed by atoms with Crippen molar-refractivity contribution in [3.8, 4) is 0 Å². The van der Waals surface area contributed by atoms with Gasteiger partial charge in [0.15, 0.2) is 0 Å². The van der Waals surface area contributed by atoms with Crippen molar-refractivity contribution in [2.75, 3.05) is 31.5 Å². The number of hydrogen-bond acceptors (Lipinski definition) is 5. The first-order valence-electron chi connectivity index (χ1n) is 10.2. The molecule has 1 fully saturated rings. The van der Waals surface area contributed by atoms with E-state index in [4.69, 9.17) is 0 Å². The molecule has 0 spiro atoms. The van der Waals surface area contributed by atoms with Crippen LogP contribution in [0.25, 0.3) is 0 Å². The number of aryl methyl sites for hydroxylation is 3. The number of carbonyl (C=O) groups excluding carboxylic acids is 2. The largest absolute Gasteiger partial charge is 0.340 e. The number of nitrogens with one attached hydrogen (secondary N) is 1. The van der Waals surface area contributed by atoms with Crippen LogP contribution in [0.1, 0.15) is 48.2 Å². The summed E-state index contributed by atoms with van der Waals surface area (Å²) in [7, 11) is 0.